The molecule has 2 atom stereocenters. The van der Waals surface area contributed by atoms with Crippen LogP contribution in [0.25, 0.3) is 0 Å². The second kappa shape index (κ2) is 10.2. The molecule has 0 spiro atoms. The summed E-state index contributed by atoms with van der Waals surface area (Å²) in [6.07, 6.45) is 3.48. The number of nitrogens with one attached hydrogen (secondary N) is 1. The maximum Gasteiger partial charge on any atom is 0.00718 e. The van der Waals surface area contributed by atoms with Crippen molar-refractivity contribution in [1.29, 1.82) is 0 Å². The molecule has 0 fully saturated rings. The van der Waals surface area contributed by atoms with Crippen LogP contribution in [0.3, 0.4) is 0 Å². The lowest BCUT2D eigenvalue weighted by Crippen LogP contribution is -2.37. The molecule has 2 unspecified atom stereocenters. The summed E-state index contributed by atoms with van der Waals surface area (Å²) in [6, 6.07) is 0.704. The van der Waals surface area contributed by atoms with E-state index in [1.807, 2.05) is 11.8 Å². The molecule has 0 rings (SSSR count). The van der Waals surface area contributed by atoms with Crippen molar-refractivity contribution in [3.63, 3.8) is 0 Å². The maximum atomic E-state index is 3.54. The van der Waals surface area contributed by atoms with Crippen LogP contribution in [0.5, 0.6) is 0 Å². The highest BCUT2D eigenvalue weighted by atomic mass is 32.2. The van der Waals surface area contributed by atoms with Gasteiger partial charge < -0.3 is 10.2 Å². The Morgan fingerprint density at radius 1 is 1.12 bits per heavy atom. The first-order valence-corrected chi connectivity index (χ1v) is 8.26. The Morgan fingerprint density at radius 3 is 2.29 bits per heavy atom. The molecule has 3 heteroatoms. The van der Waals surface area contributed by atoms with Gasteiger partial charge in [-0.2, -0.15) is 11.8 Å². The molecule has 0 aliphatic rings. The Kier molecular flexibility index (Phi) is 10.4. The van der Waals surface area contributed by atoms with E-state index in [1.54, 1.807) is 0 Å². The van der Waals surface area contributed by atoms with E-state index in [2.05, 4.69) is 51.2 Å². The molecule has 17 heavy (non-hydrogen) atoms. The van der Waals surface area contributed by atoms with Crippen molar-refractivity contribution >= 4 is 11.8 Å². The Morgan fingerprint density at radius 2 is 1.76 bits per heavy atom. The quantitative estimate of drug-likeness (QED) is 0.650. The summed E-state index contributed by atoms with van der Waals surface area (Å²) in [4.78, 5) is 2.50. The molecule has 0 aliphatic heterocycles. The summed E-state index contributed by atoms with van der Waals surface area (Å²) in [5.41, 5.74) is 0. The second-order valence-corrected chi connectivity index (χ2v) is 6.71. The van der Waals surface area contributed by atoms with Crippen LogP contribution in [-0.2, 0) is 0 Å². The van der Waals surface area contributed by atoms with Gasteiger partial charge in [0.15, 0.2) is 0 Å². The zero-order chi connectivity index (χ0) is 13.3. The summed E-state index contributed by atoms with van der Waals surface area (Å²) in [5, 5.41) is 3.54. The molecule has 2 nitrogen and oxygen atoms in total. The molecule has 0 aromatic heterocycles. The molecule has 0 saturated carbocycles. The summed E-state index contributed by atoms with van der Waals surface area (Å²) < 4.78 is 0. The third kappa shape index (κ3) is 9.93. The number of hydrogen-bond donors (Lipinski definition) is 1. The average Bonchev–Trinajstić information content (AvgIpc) is 2.25. The predicted molar refractivity (Wildman–Crippen MR) is 82.0 cm³/mol. The molecule has 1 N–H and O–H groups in total. The second-order valence-electron chi connectivity index (χ2n) is 5.73. The summed E-state index contributed by atoms with van der Waals surface area (Å²) in [6.45, 7) is 12.7. The van der Waals surface area contributed by atoms with Gasteiger partial charge in [0, 0.05) is 12.6 Å². The molecule has 104 valence electrons. The van der Waals surface area contributed by atoms with Gasteiger partial charge in [-0.15, -0.1) is 0 Å². The van der Waals surface area contributed by atoms with Gasteiger partial charge in [0.25, 0.3) is 0 Å². The minimum absolute atomic E-state index is 0.704. The lowest BCUT2D eigenvalue weighted by atomic mass is 10.1. The normalized spacial score (nSPS) is 15.5. The van der Waals surface area contributed by atoms with E-state index in [-0.39, 0.29) is 0 Å². The van der Waals surface area contributed by atoms with E-state index in [0.717, 1.165) is 24.9 Å². The highest BCUT2D eigenvalue weighted by molar-refractivity contribution is 7.98. The van der Waals surface area contributed by atoms with E-state index < -0.39 is 0 Å². The molecule has 0 heterocycles. The van der Waals surface area contributed by atoms with Gasteiger partial charge in [0.05, 0.1) is 0 Å². The maximum absolute atomic E-state index is 3.54. The van der Waals surface area contributed by atoms with Crippen LogP contribution in [0.1, 0.15) is 34.1 Å². The number of nitrogens with zero attached hydrogens (tertiary/aromatic N) is 1. The molecule has 0 saturated heterocycles. The largest absolute Gasteiger partial charge is 0.316 e. The van der Waals surface area contributed by atoms with Crippen LogP contribution in [0.15, 0.2) is 0 Å². The van der Waals surface area contributed by atoms with Crippen LogP contribution in [0.2, 0.25) is 0 Å². The van der Waals surface area contributed by atoms with Crippen LogP contribution in [0.4, 0.5) is 0 Å². The van der Waals surface area contributed by atoms with Crippen molar-refractivity contribution in [2.24, 2.45) is 11.8 Å². The fourth-order valence-electron chi connectivity index (χ4n) is 1.86. The standard InChI is InChI=1S/C14H32N2S/c1-12(2)9-15-10-13(3)11-16(5)14(4)7-8-17-6/h12-15H,7-11H2,1-6H3. The fourth-order valence-corrected chi connectivity index (χ4v) is 2.44. The zero-order valence-electron chi connectivity index (χ0n) is 12.6. The average molecular weight is 260 g/mol. The molecular formula is C14H32N2S. The van der Waals surface area contributed by atoms with Gasteiger partial charge in [-0.3, -0.25) is 0 Å². The first-order valence-electron chi connectivity index (χ1n) is 6.87. The van der Waals surface area contributed by atoms with Crippen LogP contribution in [0, 0.1) is 11.8 Å². The minimum Gasteiger partial charge on any atom is -0.316 e. The molecular weight excluding hydrogens is 228 g/mol. The monoisotopic (exact) mass is 260 g/mol. The van der Waals surface area contributed by atoms with Gasteiger partial charge in [0.1, 0.15) is 0 Å². The third-order valence-corrected chi connectivity index (χ3v) is 3.78. The van der Waals surface area contributed by atoms with E-state index in [9.17, 15) is 0 Å². The molecule has 0 radical (unpaired) electrons. The number of thioether (sulfide) groups is 1. The lowest BCUT2D eigenvalue weighted by molar-refractivity contribution is 0.217. The number of hydrogen-bond acceptors (Lipinski definition) is 3. The van der Waals surface area contributed by atoms with Gasteiger partial charge >= 0.3 is 0 Å². The van der Waals surface area contributed by atoms with Gasteiger partial charge in [0.2, 0.25) is 0 Å². The SMILES string of the molecule is CSCCC(C)N(C)CC(C)CNCC(C)C. The third-order valence-electron chi connectivity index (χ3n) is 3.14. The Bertz CT molecular complexity index is 174. The lowest BCUT2D eigenvalue weighted by Gasteiger charge is -2.27. The first-order chi connectivity index (χ1) is 7.97. The Labute approximate surface area is 113 Å². The van der Waals surface area contributed by atoms with Crippen molar-refractivity contribution in [1.82, 2.24) is 10.2 Å². The molecule has 0 aliphatic carbocycles. The summed E-state index contributed by atoms with van der Waals surface area (Å²) >= 11 is 1.94. The molecule has 0 amide bonds. The molecule has 0 bridgehead atoms. The minimum atomic E-state index is 0.704. The van der Waals surface area contributed by atoms with Gasteiger partial charge in [-0.1, -0.05) is 20.8 Å². The zero-order valence-corrected chi connectivity index (χ0v) is 13.4. The van der Waals surface area contributed by atoms with Crippen molar-refractivity contribution in [3.8, 4) is 0 Å². The van der Waals surface area contributed by atoms with Gasteiger partial charge in [-0.05, 0) is 57.3 Å². The highest BCUT2D eigenvalue weighted by Gasteiger charge is 2.12. The highest BCUT2D eigenvalue weighted by Crippen LogP contribution is 2.08. The van der Waals surface area contributed by atoms with Crippen molar-refractivity contribution in [2.75, 3.05) is 38.7 Å². The van der Waals surface area contributed by atoms with E-state index >= 15 is 0 Å². The topological polar surface area (TPSA) is 15.3 Å². The predicted octanol–water partition coefficient (Wildman–Crippen LogP) is 2.94. The van der Waals surface area contributed by atoms with Gasteiger partial charge in [-0.25, -0.2) is 0 Å². The van der Waals surface area contributed by atoms with Crippen molar-refractivity contribution in [2.45, 2.75) is 40.2 Å². The van der Waals surface area contributed by atoms with Crippen molar-refractivity contribution in [3.05, 3.63) is 0 Å². The first kappa shape index (κ1) is 17.3. The van der Waals surface area contributed by atoms with E-state index in [4.69, 9.17) is 0 Å². The summed E-state index contributed by atoms with van der Waals surface area (Å²) in [5.74, 6) is 2.75. The number of rotatable bonds is 10. The molecule has 0 aromatic carbocycles. The fraction of sp³-hybridized carbons (Fsp3) is 1.00. The molecule has 0 aromatic rings. The van der Waals surface area contributed by atoms with Crippen molar-refractivity contribution < 1.29 is 0 Å². The van der Waals surface area contributed by atoms with Crippen LogP contribution < -0.4 is 5.32 Å². The Balaban J connectivity index is 3.67. The Hall–Kier alpha value is 0.270. The van der Waals surface area contributed by atoms with Crippen LogP contribution >= 0.6 is 11.8 Å². The van der Waals surface area contributed by atoms with E-state index in [1.165, 1.54) is 18.7 Å². The van der Waals surface area contributed by atoms with E-state index in [0.29, 0.717) is 6.04 Å². The summed E-state index contributed by atoms with van der Waals surface area (Å²) in [7, 11) is 2.25. The van der Waals surface area contributed by atoms with Crippen LogP contribution in [-0.4, -0.2) is 49.6 Å². The smallest absolute Gasteiger partial charge is 0.00718 e.